The third-order valence-corrected chi connectivity index (χ3v) is 2.70. The number of nitrogens with one attached hydrogen (secondary N) is 1. The summed E-state index contributed by atoms with van der Waals surface area (Å²) >= 11 is 14.0. The molecular formula is C8H4BrClN2OS. The highest BCUT2D eigenvalue weighted by Gasteiger charge is 2.08. The van der Waals surface area contributed by atoms with E-state index in [0.29, 0.717) is 10.9 Å². The Morgan fingerprint density at radius 3 is 2.93 bits per heavy atom. The molecule has 0 aliphatic carbocycles. The number of benzene rings is 1. The number of H-pyrrole nitrogens is 1. The van der Waals surface area contributed by atoms with Gasteiger partial charge in [0.15, 0.2) is 0 Å². The fourth-order valence-electron chi connectivity index (χ4n) is 1.01. The summed E-state index contributed by atoms with van der Waals surface area (Å²) in [6.07, 6.45) is 0. The van der Waals surface area contributed by atoms with Gasteiger partial charge < -0.3 is 4.42 Å². The first kappa shape index (κ1) is 9.89. The molecule has 2 aromatic rings. The molecule has 0 radical (unpaired) electrons. The molecule has 0 saturated heterocycles. The van der Waals surface area contributed by atoms with Gasteiger partial charge in [-0.1, -0.05) is 11.6 Å². The van der Waals surface area contributed by atoms with Crippen LogP contribution in [0.3, 0.4) is 0 Å². The number of hydrogen-bond donors (Lipinski definition) is 1. The highest BCUT2D eigenvalue weighted by atomic mass is 79.9. The van der Waals surface area contributed by atoms with Gasteiger partial charge in [-0.15, -0.1) is 5.10 Å². The predicted molar refractivity (Wildman–Crippen MR) is 59.8 cm³/mol. The Bertz CT molecular complexity index is 522. The number of hydrogen-bond acceptors (Lipinski definition) is 3. The van der Waals surface area contributed by atoms with Crippen molar-refractivity contribution in [3.05, 3.63) is 32.5 Å². The Balaban J connectivity index is 2.61. The summed E-state index contributed by atoms with van der Waals surface area (Å²) in [6, 6.07) is 5.35. The van der Waals surface area contributed by atoms with Crippen molar-refractivity contribution in [1.29, 1.82) is 0 Å². The summed E-state index contributed by atoms with van der Waals surface area (Å²) in [5.41, 5.74) is 0.768. The minimum atomic E-state index is 0.242. The van der Waals surface area contributed by atoms with E-state index in [1.165, 1.54) is 0 Å². The maximum absolute atomic E-state index is 5.85. The molecule has 0 spiro atoms. The fourth-order valence-corrected chi connectivity index (χ4v) is 1.72. The van der Waals surface area contributed by atoms with E-state index in [0.717, 1.165) is 10.0 Å². The number of aromatic nitrogens is 2. The zero-order chi connectivity index (χ0) is 10.1. The quantitative estimate of drug-likeness (QED) is 0.812. The van der Waals surface area contributed by atoms with Crippen LogP contribution in [-0.2, 0) is 0 Å². The van der Waals surface area contributed by atoms with E-state index in [-0.39, 0.29) is 4.84 Å². The van der Waals surface area contributed by atoms with Crippen LogP contribution in [0.15, 0.2) is 27.1 Å². The second kappa shape index (κ2) is 3.84. The van der Waals surface area contributed by atoms with Crippen molar-refractivity contribution in [3.8, 4) is 11.5 Å². The SMILES string of the molecule is S=c1[nH]nc(-c2cc(Cl)ccc2Br)o1. The Hall–Kier alpha value is -0.650. The molecule has 1 aromatic heterocycles. The lowest BCUT2D eigenvalue weighted by Crippen LogP contribution is -1.80. The topological polar surface area (TPSA) is 41.8 Å². The van der Waals surface area contributed by atoms with Gasteiger partial charge >= 0.3 is 0 Å². The van der Waals surface area contributed by atoms with Crippen molar-refractivity contribution in [2.24, 2.45) is 0 Å². The molecule has 2 rings (SSSR count). The van der Waals surface area contributed by atoms with Gasteiger partial charge in [-0.25, -0.2) is 5.10 Å². The van der Waals surface area contributed by atoms with Gasteiger partial charge in [-0.05, 0) is 46.3 Å². The summed E-state index contributed by atoms with van der Waals surface area (Å²) in [6.45, 7) is 0. The number of halogens is 2. The molecule has 0 atom stereocenters. The molecule has 6 heteroatoms. The van der Waals surface area contributed by atoms with Gasteiger partial charge in [0.1, 0.15) is 0 Å². The maximum atomic E-state index is 5.85. The average Bonchev–Trinajstić information content (AvgIpc) is 2.56. The van der Waals surface area contributed by atoms with Crippen LogP contribution < -0.4 is 0 Å². The Morgan fingerprint density at radius 2 is 2.29 bits per heavy atom. The van der Waals surface area contributed by atoms with Gasteiger partial charge in [0, 0.05) is 9.50 Å². The van der Waals surface area contributed by atoms with Crippen molar-refractivity contribution >= 4 is 39.7 Å². The summed E-state index contributed by atoms with van der Waals surface area (Å²) in [5, 5.41) is 7.07. The van der Waals surface area contributed by atoms with Crippen molar-refractivity contribution in [3.63, 3.8) is 0 Å². The van der Waals surface area contributed by atoms with Crippen molar-refractivity contribution in [1.82, 2.24) is 10.2 Å². The lowest BCUT2D eigenvalue weighted by molar-refractivity contribution is 0.551. The second-order valence-corrected chi connectivity index (χ2v) is 4.20. The zero-order valence-electron chi connectivity index (χ0n) is 6.75. The van der Waals surface area contributed by atoms with E-state index in [2.05, 4.69) is 26.1 Å². The highest BCUT2D eigenvalue weighted by molar-refractivity contribution is 9.10. The fraction of sp³-hybridized carbons (Fsp3) is 0. The monoisotopic (exact) mass is 290 g/mol. The predicted octanol–water partition coefficient (Wildman–Crippen LogP) is 3.82. The molecule has 3 nitrogen and oxygen atoms in total. The van der Waals surface area contributed by atoms with E-state index < -0.39 is 0 Å². The third-order valence-electron chi connectivity index (χ3n) is 1.60. The van der Waals surface area contributed by atoms with Gasteiger partial charge in [0.25, 0.3) is 4.84 Å². The first-order valence-electron chi connectivity index (χ1n) is 3.68. The van der Waals surface area contributed by atoms with E-state index in [9.17, 15) is 0 Å². The molecular weight excluding hydrogens is 288 g/mol. The zero-order valence-corrected chi connectivity index (χ0v) is 9.91. The normalized spacial score (nSPS) is 10.4. The van der Waals surface area contributed by atoms with E-state index in [1.54, 1.807) is 12.1 Å². The molecule has 0 saturated carbocycles. The minimum Gasteiger partial charge on any atom is -0.409 e. The van der Waals surface area contributed by atoms with Crippen molar-refractivity contribution < 1.29 is 4.42 Å². The van der Waals surface area contributed by atoms with E-state index >= 15 is 0 Å². The molecule has 1 aromatic carbocycles. The van der Waals surface area contributed by atoms with Crippen LogP contribution in [-0.4, -0.2) is 10.2 Å². The van der Waals surface area contributed by atoms with Crippen LogP contribution in [0.4, 0.5) is 0 Å². The molecule has 14 heavy (non-hydrogen) atoms. The molecule has 0 unspecified atom stereocenters. The van der Waals surface area contributed by atoms with Crippen LogP contribution in [0.25, 0.3) is 11.5 Å². The summed E-state index contributed by atoms with van der Waals surface area (Å²) in [7, 11) is 0. The third kappa shape index (κ3) is 1.89. The van der Waals surface area contributed by atoms with Crippen molar-refractivity contribution in [2.75, 3.05) is 0 Å². The molecule has 0 aliphatic heterocycles. The Kier molecular flexibility index (Phi) is 2.71. The van der Waals surface area contributed by atoms with Crippen molar-refractivity contribution in [2.45, 2.75) is 0 Å². The molecule has 0 aliphatic rings. The van der Waals surface area contributed by atoms with Gasteiger partial charge in [0.05, 0.1) is 5.56 Å². The smallest absolute Gasteiger partial charge is 0.284 e. The number of aromatic amines is 1. The Labute approximate surface area is 98.2 Å². The van der Waals surface area contributed by atoms with Crippen LogP contribution in [0.5, 0.6) is 0 Å². The molecule has 72 valence electrons. The maximum Gasteiger partial charge on any atom is 0.284 e. The van der Waals surface area contributed by atoms with Crippen LogP contribution in [0.1, 0.15) is 0 Å². The molecule has 1 heterocycles. The van der Waals surface area contributed by atoms with Crippen LogP contribution in [0.2, 0.25) is 5.02 Å². The lowest BCUT2D eigenvalue weighted by Gasteiger charge is -1.98. The van der Waals surface area contributed by atoms with Gasteiger partial charge in [-0.3, -0.25) is 0 Å². The van der Waals surface area contributed by atoms with Crippen LogP contribution >= 0.6 is 39.7 Å². The Morgan fingerprint density at radius 1 is 1.50 bits per heavy atom. The summed E-state index contributed by atoms with van der Waals surface area (Å²) in [4.78, 5) is 0.242. The van der Waals surface area contributed by atoms with Crippen LogP contribution in [0, 0.1) is 4.84 Å². The molecule has 0 bridgehead atoms. The van der Waals surface area contributed by atoms with Gasteiger partial charge in [-0.2, -0.15) is 0 Å². The average molecular weight is 292 g/mol. The lowest BCUT2D eigenvalue weighted by atomic mass is 10.2. The molecule has 1 N–H and O–H groups in total. The highest BCUT2D eigenvalue weighted by Crippen LogP contribution is 2.29. The first-order valence-corrected chi connectivity index (χ1v) is 5.25. The summed E-state index contributed by atoms with van der Waals surface area (Å²) in [5.74, 6) is 0.421. The summed E-state index contributed by atoms with van der Waals surface area (Å²) < 4.78 is 6.02. The van der Waals surface area contributed by atoms with E-state index in [1.807, 2.05) is 6.07 Å². The number of rotatable bonds is 1. The van der Waals surface area contributed by atoms with E-state index in [4.69, 9.17) is 28.2 Å². The number of nitrogens with zero attached hydrogens (tertiary/aromatic N) is 1. The largest absolute Gasteiger partial charge is 0.409 e. The standard InChI is InChI=1S/C8H4BrClN2OS/c9-6-2-1-4(10)3-5(6)7-11-12-8(14)13-7/h1-3H,(H,12,14). The molecule has 0 fully saturated rings. The van der Waals surface area contributed by atoms with Gasteiger partial charge in [0.2, 0.25) is 5.89 Å². The molecule has 0 amide bonds. The first-order chi connectivity index (χ1) is 6.66. The second-order valence-electron chi connectivity index (χ2n) is 2.54. The minimum absolute atomic E-state index is 0.242.